The molecule has 1 aromatic rings. The first kappa shape index (κ1) is 21.1. The predicted octanol–water partition coefficient (Wildman–Crippen LogP) is 4.86. The average molecular weight is 363 g/mol. The van der Waals surface area contributed by atoms with E-state index in [1.165, 1.54) is 6.42 Å². The zero-order chi connectivity index (χ0) is 18.8. The lowest BCUT2D eigenvalue weighted by atomic mass is 9.77. The molecule has 1 saturated carbocycles. The molecule has 26 heavy (non-hydrogen) atoms. The van der Waals surface area contributed by atoms with Crippen molar-refractivity contribution in [3.8, 4) is 0 Å². The third-order valence-corrected chi connectivity index (χ3v) is 5.21. The van der Waals surface area contributed by atoms with E-state index in [1.54, 1.807) is 7.11 Å². The second-order valence-electron chi connectivity index (χ2n) is 7.00. The second-order valence-corrected chi connectivity index (χ2v) is 7.00. The van der Waals surface area contributed by atoms with Crippen LogP contribution in [-0.4, -0.2) is 32.4 Å². The summed E-state index contributed by atoms with van der Waals surface area (Å²) < 4.78 is 16.9. The van der Waals surface area contributed by atoms with Gasteiger partial charge in [-0.3, -0.25) is 4.79 Å². The van der Waals surface area contributed by atoms with Gasteiger partial charge in [-0.1, -0.05) is 43.5 Å². The molecule has 1 aromatic carbocycles. The summed E-state index contributed by atoms with van der Waals surface area (Å²) >= 11 is 0. The van der Waals surface area contributed by atoms with E-state index in [1.807, 2.05) is 26.0 Å². The predicted molar refractivity (Wildman–Crippen MR) is 103 cm³/mol. The fraction of sp³-hybridized carbons (Fsp3) is 0.682. The molecule has 2 rings (SSSR count). The standard InChI is InChI=1S/C22H34O4/c1-4-25-21(26-5-2)15-20(22(23)17-11-7-6-8-12-17)19-14-10-9-13-18(19)16-24-3/h9-10,13-14,17,20-21H,4-8,11-12,15-16H2,1-3H3. The van der Waals surface area contributed by atoms with Gasteiger partial charge in [-0.25, -0.2) is 0 Å². The molecule has 1 aliphatic rings. The minimum atomic E-state index is -0.349. The van der Waals surface area contributed by atoms with Crippen LogP contribution in [-0.2, 0) is 25.6 Å². The van der Waals surface area contributed by atoms with Gasteiger partial charge in [-0.2, -0.15) is 0 Å². The summed E-state index contributed by atoms with van der Waals surface area (Å²) in [5.41, 5.74) is 2.14. The summed E-state index contributed by atoms with van der Waals surface area (Å²) in [5, 5.41) is 0. The minimum Gasteiger partial charge on any atom is -0.380 e. The highest BCUT2D eigenvalue weighted by atomic mass is 16.7. The molecule has 0 heterocycles. The van der Waals surface area contributed by atoms with Gasteiger partial charge in [0.25, 0.3) is 0 Å². The van der Waals surface area contributed by atoms with E-state index >= 15 is 0 Å². The molecule has 0 spiro atoms. The number of hydrogen-bond acceptors (Lipinski definition) is 4. The second kappa shape index (κ2) is 11.5. The largest absolute Gasteiger partial charge is 0.380 e. The molecule has 4 heteroatoms. The lowest BCUT2D eigenvalue weighted by molar-refractivity contribution is -0.149. The molecule has 146 valence electrons. The van der Waals surface area contributed by atoms with Gasteiger partial charge in [-0.15, -0.1) is 0 Å². The Morgan fingerprint density at radius 2 is 1.73 bits per heavy atom. The van der Waals surface area contributed by atoms with Crippen molar-refractivity contribution in [3.63, 3.8) is 0 Å². The Morgan fingerprint density at radius 3 is 2.35 bits per heavy atom. The first-order valence-corrected chi connectivity index (χ1v) is 10.0. The van der Waals surface area contributed by atoms with Crippen molar-refractivity contribution in [2.45, 2.75) is 71.2 Å². The van der Waals surface area contributed by atoms with Gasteiger partial charge in [0.05, 0.1) is 6.61 Å². The van der Waals surface area contributed by atoms with Crippen molar-refractivity contribution in [2.24, 2.45) is 5.92 Å². The maximum Gasteiger partial charge on any atom is 0.158 e. The van der Waals surface area contributed by atoms with Crippen LogP contribution in [0.3, 0.4) is 0 Å². The molecular formula is C22H34O4. The molecule has 0 radical (unpaired) electrons. The molecule has 1 aliphatic carbocycles. The quantitative estimate of drug-likeness (QED) is 0.528. The number of ether oxygens (including phenoxy) is 3. The number of hydrogen-bond donors (Lipinski definition) is 0. The van der Waals surface area contributed by atoms with Gasteiger partial charge >= 0.3 is 0 Å². The number of benzene rings is 1. The van der Waals surface area contributed by atoms with Crippen molar-refractivity contribution in [1.82, 2.24) is 0 Å². The zero-order valence-corrected chi connectivity index (χ0v) is 16.5. The molecule has 1 unspecified atom stereocenters. The first-order valence-electron chi connectivity index (χ1n) is 10.0. The van der Waals surface area contributed by atoms with Crippen LogP contribution in [0.4, 0.5) is 0 Å². The number of Topliss-reactive ketones (excluding diaryl/α,β-unsaturated/α-hetero) is 1. The van der Waals surface area contributed by atoms with E-state index < -0.39 is 0 Å². The minimum absolute atomic E-state index is 0.160. The highest BCUT2D eigenvalue weighted by Crippen LogP contribution is 2.35. The first-order chi connectivity index (χ1) is 12.7. The van der Waals surface area contributed by atoms with E-state index in [4.69, 9.17) is 14.2 Å². The maximum atomic E-state index is 13.4. The van der Waals surface area contributed by atoms with E-state index in [0.29, 0.717) is 32.0 Å². The summed E-state index contributed by atoms with van der Waals surface area (Å²) in [6, 6.07) is 8.12. The van der Waals surface area contributed by atoms with Gasteiger partial charge in [0.15, 0.2) is 6.29 Å². The number of rotatable bonds is 11. The Labute approximate surface area is 158 Å². The Bertz CT molecular complexity index is 531. The van der Waals surface area contributed by atoms with Gasteiger partial charge in [0.2, 0.25) is 0 Å². The molecule has 0 aliphatic heterocycles. The van der Waals surface area contributed by atoms with Gasteiger partial charge in [0.1, 0.15) is 5.78 Å². The third kappa shape index (κ3) is 5.90. The molecule has 1 atom stereocenters. The lowest BCUT2D eigenvalue weighted by Gasteiger charge is -2.29. The molecule has 0 bridgehead atoms. The molecule has 0 saturated heterocycles. The van der Waals surface area contributed by atoms with Crippen molar-refractivity contribution < 1.29 is 19.0 Å². The SMILES string of the molecule is CCOC(CC(C(=O)C1CCCCC1)c1ccccc1COC)OCC. The van der Waals surface area contributed by atoms with Crippen LogP contribution in [0.1, 0.15) is 69.4 Å². The van der Waals surface area contributed by atoms with E-state index in [0.717, 1.165) is 36.8 Å². The summed E-state index contributed by atoms with van der Waals surface area (Å²) in [4.78, 5) is 13.4. The normalized spacial score (nSPS) is 16.8. The van der Waals surface area contributed by atoms with E-state index in [2.05, 4.69) is 12.1 Å². The molecule has 0 amide bonds. The summed E-state index contributed by atoms with van der Waals surface area (Å²) in [6.07, 6.45) is 5.79. The monoisotopic (exact) mass is 362 g/mol. The zero-order valence-electron chi connectivity index (χ0n) is 16.5. The number of ketones is 1. The van der Waals surface area contributed by atoms with Crippen LogP contribution in [0.5, 0.6) is 0 Å². The van der Waals surface area contributed by atoms with Crippen molar-refractivity contribution in [1.29, 1.82) is 0 Å². The van der Waals surface area contributed by atoms with Crippen molar-refractivity contribution in [2.75, 3.05) is 20.3 Å². The van der Waals surface area contributed by atoms with E-state index in [-0.39, 0.29) is 18.1 Å². The lowest BCUT2D eigenvalue weighted by Crippen LogP contribution is -2.30. The topological polar surface area (TPSA) is 44.8 Å². The fourth-order valence-corrected chi connectivity index (χ4v) is 3.98. The van der Waals surface area contributed by atoms with Crippen molar-refractivity contribution >= 4 is 5.78 Å². The highest BCUT2D eigenvalue weighted by molar-refractivity contribution is 5.88. The molecule has 1 fully saturated rings. The van der Waals surface area contributed by atoms with Crippen molar-refractivity contribution in [3.05, 3.63) is 35.4 Å². The number of methoxy groups -OCH3 is 1. The smallest absolute Gasteiger partial charge is 0.158 e. The summed E-state index contributed by atoms with van der Waals surface area (Å²) in [5.74, 6) is 0.304. The van der Waals surface area contributed by atoms with Crippen LogP contribution in [0, 0.1) is 5.92 Å². The third-order valence-electron chi connectivity index (χ3n) is 5.21. The molecule has 0 N–H and O–H groups in total. The fourth-order valence-electron chi connectivity index (χ4n) is 3.98. The average Bonchev–Trinajstić information content (AvgIpc) is 2.67. The Hall–Kier alpha value is -1.23. The van der Waals surface area contributed by atoms with Crippen LogP contribution in [0.15, 0.2) is 24.3 Å². The summed E-state index contributed by atoms with van der Waals surface area (Å²) in [6.45, 7) is 5.59. The van der Waals surface area contributed by atoms with Gasteiger partial charge in [-0.05, 0) is 37.8 Å². The summed E-state index contributed by atoms with van der Waals surface area (Å²) in [7, 11) is 1.69. The number of carbonyl (C=O) groups excluding carboxylic acids is 1. The van der Waals surface area contributed by atoms with Crippen LogP contribution in [0.25, 0.3) is 0 Å². The number of carbonyl (C=O) groups is 1. The van der Waals surface area contributed by atoms with Gasteiger partial charge < -0.3 is 14.2 Å². The molecule has 0 aromatic heterocycles. The molecular weight excluding hydrogens is 328 g/mol. The maximum absolute atomic E-state index is 13.4. The Kier molecular flexibility index (Phi) is 9.30. The molecule has 4 nitrogen and oxygen atoms in total. The van der Waals surface area contributed by atoms with Crippen LogP contribution in [0.2, 0.25) is 0 Å². The highest BCUT2D eigenvalue weighted by Gasteiger charge is 2.32. The van der Waals surface area contributed by atoms with Gasteiger partial charge in [0, 0.05) is 38.6 Å². The van der Waals surface area contributed by atoms with Crippen LogP contribution >= 0.6 is 0 Å². The Balaban J connectivity index is 2.29. The van der Waals surface area contributed by atoms with Crippen LogP contribution < -0.4 is 0 Å². The van der Waals surface area contributed by atoms with E-state index in [9.17, 15) is 4.79 Å². The Morgan fingerprint density at radius 1 is 1.08 bits per heavy atom.